The average molecular weight is 182 g/mol. The molecule has 4 N–H and O–H groups in total. The number of phenols is 2. The standard InChI is InChI=1S/C9H14N2O2/c1-11(2)5-6-3-7(12)4-8(10)9(6)13/h3-4,12-13H,5,10H2,1-2H3. The second-order valence-corrected chi connectivity index (χ2v) is 3.28. The van der Waals surface area contributed by atoms with E-state index in [1.807, 2.05) is 19.0 Å². The number of nitrogens with two attached hydrogens (primary N) is 1. The fraction of sp³-hybridized carbons (Fsp3) is 0.333. The zero-order chi connectivity index (χ0) is 10.0. The molecule has 0 aromatic heterocycles. The van der Waals surface area contributed by atoms with Crippen LogP contribution >= 0.6 is 0 Å². The van der Waals surface area contributed by atoms with Crippen LogP contribution in [0.5, 0.6) is 11.5 Å². The number of nitrogens with zero attached hydrogens (tertiary/aromatic N) is 1. The van der Waals surface area contributed by atoms with Gasteiger partial charge < -0.3 is 20.8 Å². The molecule has 0 aliphatic carbocycles. The van der Waals surface area contributed by atoms with Crippen molar-refractivity contribution in [3.63, 3.8) is 0 Å². The van der Waals surface area contributed by atoms with Crippen molar-refractivity contribution in [2.24, 2.45) is 0 Å². The minimum absolute atomic E-state index is 0.0477. The molecular weight excluding hydrogens is 168 g/mol. The van der Waals surface area contributed by atoms with Gasteiger partial charge in [-0.2, -0.15) is 0 Å². The summed E-state index contributed by atoms with van der Waals surface area (Å²) < 4.78 is 0. The Kier molecular flexibility index (Phi) is 2.63. The van der Waals surface area contributed by atoms with Gasteiger partial charge in [-0.15, -0.1) is 0 Å². The van der Waals surface area contributed by atoms with Gasteiger partial charge in [0.2, 0.25) is 0 Å². The van der Waals surface area contributed by atoms with Gasteiger partial charge in [-0.1, -0.05) is 0 Å². The third kappa shape index (κ3) is 2.26. The normalized spacial score (nSPS) is 10.7. The lowest BCUT2D eigenvalue weighted by molar-refractivity contribution is 0.384. The van der Waals surface area contributed by atoms with Crippen LogP contribution < -0.4 is 5.73 Å². The fourth-order valence-electron chi connectivity index (χ4n) is 1.16. The molecule has 0 unspecified atom stereocenters. The van der Waals surface area contributed by atoms with E-state index in [1.165, 1.54) is 12.1 Å². The number of aromatic hydroxyl groups is 2. The van der Waals surface area contributed by atoms with Crippen LogP contribution in [0.15, 0.2) is 12.1 Å². The fourth-order valence-corrected chi connectivity index (χ4v) is 1.16. The Hall–Kier alpha value is -1.42. The first-order valence-electron chi connectivity index (χ1n) is 3.95. The molecule has 1 aromatic carbocycles. The largest absolute Gasteiger partial charge is 0.508 e. The Labute approximate surface area is 77.2 Å². The lowest BCUT2D eigenvalue weighted by Crippen LogP contribution is -2.11. The summed E-state index contributed by atoms with van der Waals surface area (Å²) >= 11 is 0. The van der Waals surface area contributed by atoms with E-state index in [1.54, 1.807) is 0 Å². The zero-order valence-electron chi connectivity index (χ0n) is 7.78. The number of hydrogen-bond acceptors (Lipinski definition) is 4. The summed E-state index contributed by atoms with van der Waals surface area (Å²) in [5.74, 6) is 0.124. The molecule has 0 heterocycles. The third-order valence-corrected chi connectivity index (χ3v) is 1.69. The van der Waals surface area contributed by atoms with Crippen LogP contribution in [0.2, 0.25) is 0 Å². The average Bonchev–Trinajstić information content (AvgIpc) is 1.98. The summed E-state index contributed by atoms with van der Waals surface area (Å²) in [6.07, 6.45) is 0. The first kappa shape index (κ1) is 9.67. The molecule has 72 valence electrons. The number of phenolic OH excluding ortho intramolecular Hbond substituents is 2. The van der Waals surface area contributed by atoms with Crippen molar-refractivity contribution in [3.05, 3.63) is 17.7 Å². The third-order valence-electron chi connectivity index (χ3n) is 1.69. The molecule has 0 aliphatic rings. The summed E-state index contributed by atoms with van der Waals surface area (Å²) in [6.45, 7) is 0.546. The van der Waals surface area contributed by atoms with Crippen LogP contribution in [0.1, 0.15) is 5.56 Å². The first-order valence-corrected chi connectivity index (χ1v) is 3.95. The molecule has 0 saturated heterocycles. The number of benzene rings is 1. The van der Waals surface area contributed by atoms with Gasteiger partial charge in [0.15, 0.2) is 0 Å². The van der Waals surface area contributed by atoms with Gasteiger partial charge >= 0.3 is 0 Å². The summed E-state index contributed by atoms with van der Waals surface area (Å²) in [5.41, 5.74) is 6.30. The van der Waals surface area contributed by atoms with E-state index in [4.69, 9.17) is 5.73 Å². The minimum Gasteiger partial charge on any atom is -0.508 e. The highest BCUT2D eigenvalue weighted by molar-refractivity contribution is 5.59. The Morgan fingerprint density at radius 1 is 1.31 bits per heavy atom. The highest BCUT2D eigenvalue weighted by Gasteiger charge is 2.07. The molecule has 4 heteroatoms. The van der Waals surface area contributed by atoms with Crippen molar-refractivity contribution >= 4 is 5.69 Å². The van der Waals surface area contributed by atoms with Crippen LogP contribution in [0.3, 0.4) is 0 Å². The Morgan fingerprint density at radius 3 is 2.46 bits per heavy atom. The minimum atomic E-state index is 0.0477. The van der Waals surface area contributed by atoms with Gasteiger partial charge in [-0.3, -0.25) is 0 Å². The monoisotopic (exact) mass is 182 g/mol. The van der Waals surface area contributed by atoms with E-state index >= 15 is 0 Å². The van der Waals surface area contributed by atoms with Crippen LogP contribution in [0.4, 0.5) is 5.69 Å². The molecule has 0 saturated carbocycles. The number of nitrogen functional groups attached to an aromatic ring is 1. The molecule has 13 heavy (non-hydrogen) atoms. The summed E-state index contributed by atoms with van der Waals surface area (Å²) in [7, 11) is 3.75. The molecule has 0 radical (unpaired) electrons. The first-order chi connectivity index (χ1) is 6.00. The Morgan fingerprint density at radius 2 is 1.92 bits per heavy atom. The molecule has 4 nitrogen and oxygen atoms in total. The maximum absolute atomic E-state index is 9.51. The van der Waals surface area contributed by atoms with Crippen LogP contribution in [-0.2, 0) is 6.54 Å². The van der Waals surface area contributed by atoms with Gasteiger partial charge in [0.25, 0.3) is 0 Å². The van der Waals surface area contributed by atoms with Crippen molar-refractivity contribution in [1.29, 1.82) is 0 Å². The second kappa shape index (κ2) is 3.53. The van der Waals surface area contributed by atoms with Crippen LogP contribution in [0.25, 0.3) is 0 Å². The molecular formula is C9H14N2O2. The maximum atomic E-state index is 9.51. The number of rotatable bonds is 2. The van der Waals surface area contributed by atoms with Gasteiger partial charge in [0, 0.05) is 18.2 Å². The van der Waals surface area contributed by atoms with Crippen LogP contribution in [-0.4, -0.2) is 29.2 Å². The lowest BCUT2D eigenvalue weighted by atomic mass is 10.1. The Balaban J connectivity index is 3.05. The second-order valence-electron chi connectivity index (χ2n) is 3.28. The maximum Gasteiger partial charge on any atom is 0.143 e. The van der Waals surface area contributed by atoms with E-state index in [0.717, 1.165) is 0 Å². The molecule has 0 spiro atoms. The molecule has 0 atom stereocenters. The predicted octanol–water partition coefficient (Wildman–Crippen LogP) is 0.742. The zero-order valence-corrected chi connectivity index (χ0v) is 7.78. The highest BCUT2D eigenvalue weighted by Crippen LogP contribution is 2.30. The molecule has 0 aliphatic heterocycles. The molecule has 0 bridgehead atoms. The van der Waals surface area contributed by atoms with Crippen LogP contribution in [0, 0.1) is 0 Å². The topological polar surface area (TPSA) is 69.7 Å². The van der Waals surface area contributed by atoms with Crippen molar-refractivity contribution in [2.75, 3.05) is 19.8 Å². The van der Waals surface area contributed by atoms with E-state index in [2.05, 4.69) is 0 Å². The molecule has 0 fully saturated rings. The summed E-state index contributed by atoms with van der Waals surface area (Å²) in [6, 6.07) is 2.83. The van der Waals surface area contributed by atoms with Crippen molar-refractivity contribution in [3.8, 4) is 11.5 Å². The SMILES string of the molecule is CN(C)Cc1cc(O)cc(N)c1O. The smallest absolute Gasteiger partial charge is 0.143 e. The summed E-state index contributed by atoms with van der Waals surface area (Å²) in [5, 5.41) is 18.7. The summed E-state index contributed by atoms with van der Waals surface area (Å²) in [4.78, 5) is 1.88. The lowest BCUT2D eigenvalue weighted by Gasteiger charge is -2.12. The van der Waals surface area contributed by atoms with Crippen molar-refractivity contribution in [1.82, 2.24) is 4.90 Å². The molecule has 1 aromatic rings. The molecule has 0 amide bonds. The predicted molar refractivity (Wildman–Crippen MR) is 51.6 cm³/mol. The van der Waals surface area contributed by atoms with E-state index in [9.17, 15) is 10.2 Å². The highest BCUT2D eigenvalue weighted by atomic mass is 16.3. The molecule has 1 rings (SSSR count). The number of hydrogen-bond donors (Lipinski definition) is 3. The van der Waals surface area contributed by atoms with Crippen molar-refractivity contribution in [2.45, 2.75) is 6.54 Å². The van der Waals surface area contributed by atoms with E-state index in [0.29, 0.717) is 12.1 Å². The van der Waals surface area contributed by atoms with Crippen molar-refractivity contribution < 1.29 is 10.2 Å². The van der Waals surface area contributed by atoms with E-state index < -0.39 is 0 Å². The van der Waals surface area contributed by atoms with Gasteiger partial charge in [-0.05, 0) is 20.2 Å². The van der Waals surface area contributed by atoms with Gasteiger partial charge in [-0.25, -0.2) is 0 Å². The van der Waals surface area contributed by atoms with E-state index in [-0.39, 0.29) is 17.2 Å². The van der Waals surface area contributed by atoms with Gasteiger partial charge in [0.05, 0.1) is 5.69 Å². The quantitative estimate of drug-likeness (QED) is 0.358. The number of anilines is 1. The Bertz CT molecular complexity index is 311. The van der Waals surface area contributed by atoms with Gasteiger partial charge in [0.1, 0.15) is 11.5 Å².